The molecule has 1 saturated heterocycles. The first-order valence-electron chi connectivity index (χ1n) is 6.00. The van der Waals surface area contributed by atoms with E-state index in [9.17, 15) is 13.2 Å². The van der Waals surface area contributed by atoms with Gasteiger partial charge in [-0.1, -0.05) is 18.2 Å². The van der Waals surface area contributed by atoms with Crippen LogP contribution in [-0.4, -0.2) is 52.1 Å². The second kappa shape index (κ2) is 6.14. The third-order valence-corrected chi connectivity index (χ3v) is 4.29. The predicted molar refractivity (Wildman–Crippen MR) is 69.0 cm³/mol. The molecule has 0 radical (unpaired) electrons. The number of amides is 1. The molecule has 0 atom stereocenters. The van der Waals surface area contributed by atoms with Gasteiger partial charge in [-0.15, -0.1) is 0 Å². The third-order valence-electron chi connectivity index (χ3n) is 2.81. The zero-order valence-electron chi connectivity index (χ0n) is 10.4. The summed E-state index contributed by atoms with van der Waals surface area (Å²) in [5.41, 5.74) is 0. The summed E-state index contributed by atoms with van der Waals surface area (Å²) >= 11 is 0. The molecule has 0 aromatic heterocycles. The van der Waals surface area contributed by atoms with Gasteiger partial charge < -0.3 is 9.64 Å². The lowest BCUT2D eigenvalue weighted by Gasteiger charge is -2.26. The van der Waals surface area contributed by atoms with Crippen LogP contribution in [0.2, 0.25) is 0 Å². The second-order valence-electron chi connectivity index (χ2n) is 4.14. The van der Waals surface area contributed by atoms with Crippen LogP contribution < -0.4 is 4.72 Å². The molecular formula is C12H16N2O4S. The van der Waals surface area contributed by atoms with E-state index in [0.717, 1.165) is 0 Å². The number of nitrogens with one attached hydrogen (secondary N) is 1. The zero-order valence-corrected chi connectivity index (χ0v) is 11.2. The van der Waals surface area contributed by atoms with E-state index in [1.807, 2.05) is 0 Å². The molecule has 0 aliphatic carbocycles. The topological polar surface area (TPSA) is 75.7 Å². The Labute approximate surface area is 112 Å². The smallest absolute Gasteiger partial charge is 0.248 e. The van der Waals surface area contributed by atoms with E-state index in [1.54, 1.807) is 23.1 Å². The second-order valence-corrected chi connectivity index (χ2v) is 5.91. The first-order valence-corrected chi connectivity index (χ1v) is 7.48. The fraction of sp³-hybridized carbons (Fsp3) is 0.417. The SMILES string of the molecule is O=C1COCCN1CCNS(=O)(=O)c1ccccc1. The summed E-state index contributed by atoms with van der Waals surface area (Å²) in [6.45, 7) is 1.63. The van der Waals surface area contributed by atoms with E-state index in [1.165, 1.54) is 12.1 Å². The molecule has 0 bridgehead atoms. The van der Waals surface area contributed by atoms with Crippen molar-refractivity contribution in [3.63, 3.8) is 0 Å². The number of morpholine rings is 1. The number of nitrogens with zero attached hydrogens (tertiary/aromatic N) is 1. The number of carbonyl (C=O) groups excluding carboxylic acids is 1. The van der Waals surface area contributed by atoms with Crippen molar-refractivity contribution in [3.05, 3.63) is 30.3 Å². The standard InChI is InChI=1S/C12H16N2O4S/c15-12-10-18-9-8-14(12)7-6-13-19(16,17)11-4-2-1-3-5-11/h1-5,13H,6-10H2. The van der Waals surface area contributed by atoms with E-state index in [4.69, 9.17) is 4.74 Å². The van der Waals surface area contributed by atoms with Crippen LogP contribution in [0.3, 0.4) is 0 Å². The molecule has 7 heteroatoms. The highest BCUT2D eigenvalue weighted by atomic mass is 32.2. The van der Waals surface area contributed by atoms with E-state index in [0.29, 0.717) is 19.7 Å². The van der Waals surface area contributed by atoms with Gasteiger partial charge in [0.05, 0.1) is 11.5 Å². The molecule has 104 valence electrons. The number of benzene rings is 1. The molecule has 1 aromatic rings. The molecule has 1 heterocycles. The third kappa shape index (κ3) is 3.76. The van der Waals surface area contributed by atoms with Gasteiger partial charge in [0.25, 0.3) is 0 Å². The molecule has 1 aliphatic rings. The molecule has 6 nitrogen and oxygen atoms in total. The normalized spacial score (nSPS) is 16.6. The van der Waals surface area contributed by atoms with Crippen LogP contribution in [0, 0.1) is 0 Å². The summed E-state index contributed by atoms with van der Waals surface area (Å²) in [6, 6.07) is 8.15. The first kappa shape index (κ1) is 14.0. The number of hydrogen-bond acceptors (Lipinski definition) is 4. The highest BCUT2D eigenvalue weighted by Crippen LogP contribution is 2.06. The lowest BCUT2D eigenvalue weighted by molar-refractivity contribution is -0.142. The first-order chi connectivity index (χ1) is 9.09. The van der Waals surface area contributed by atoms with Gasteiger partial charge in [-0.05, 0) is 12.1 Å². The van der Waals surface area contributed by atoms with Gasteiger partial charge in [0.15, 0.2) is 0 Å². The number of sulfonamides is 1. The largest absolute Gasteiger partial charge is 0.370 e. The van der Waals surface area contributed by atoms with Crippen LogP contribution in [0.15, 0.2) is 35.2 Å². The van der Waals surface area contributed by atoms with Crippen LogP contribution in [0.5, 0.6) is 0 Å². The van der Waals surface area contributed by atoms with Crippen molar-refractivity contribution in [2.24, 2.45) is 0 Å². The molecule has 2 rings (SSSR count). The molecule has 1 N–H and O–H groups in total. The summed E-state index contributed by atoms with van der Waals surface area (Å²) in [6.07, 6.45) is 0. The van der Waals surface area contributed by atoms with Gasteiger partial charge in [-0.25, -0.2) is 13.1 Å². The number of hydrogen-bond donors (Lipinski definition) is 1. The van der Waals surface area contributed by atoms with Crippen LogP contribution >= 0.6 is 0 Å². The van der Waals surface area contributed by atoms with Crippen molar-refractivity contribution >= 4 is 15.9 Å². The average Bonchev–Trinajstić information content (AvgIpc) is 2.42. The molecular weight excluding hydrogens is 268 g/mol. The van der Waals surface area contributed by atoms with Crippen molar-refractivity contribution in [1.29, 1.82) is 0 Å². The van der Waals surface area contributed by atoms with Crippen LogP contribution in [0.4, 0.5) is 0 Å². The minimum absolute atomic E-state index is 0.0748. The molecule has 1 amide bonds. The molecule has 0 saturated carbocycles. The lowest BCUT2D eigenvalue weighted by Crippen LogP contribution is -2.45. The highest BCUT2D eigenvalue weighted by Gasteiger charge is 2.19. The number of ether oxygens (including phenoxy) is 1. The monoisotopic (exact) mass is 284 g/mol. The lowest BCUT2D eigenvalue weighted by atomic mass is 10.4. The van der Waals surface area contributed by atoms with Gasteiger partial charge in [0, 0.05) is 19.6 Å². The average molecular weight is 284 g/mol. The van der Waals surface area contributed by atoms with Gasteiger partial charge >= 0.3 is 0 Å². The van der Waals surface area contributed by atoms with E-state index < -0.39 is 10.0 Å². The maximum absolute atomic E-state index is 11.9. The minimum atomic E-state index is -3.50. The van der Waals surface area contributed by atoms with Crippen LogP contribution in [-0.2, 0) is 19.6 Å². The van der Waals surface area contributed by atoms with Gasteiger partial charge in [-0.3, -0.25) is 4.79 Å². The van der Waals surface area contributed by atoms with E-state index in [2.05, 4.69) is 4.72 Å². The Morgan fingerprint density at radius 3 is 2.68 bits per heavy atom. The highest BCUT2D eigenvalue weighted by molar-refractivity contribution is 7.89. The number of carbonyl (C=O) groups is 1. The van der Waals surface area contributed by atoms with Crippen LogP contribution in [0.1, 0.15) is 0 Å². The van der Waals surface area contributed by atoms with E-state index in [-0.39, 0.29) is 24.0 Å². The van der Waals surface area contributed by atoms with Gasteiger partial charge in [-0.2, -0.15) is 0 Å². The molecule has 1 aliphatic heterocycles. The Hall–Kier alpha value is -1.44. The fourth-order valence-electron chi connectivity index (χ4n) is 1.78. The molecule has 19 heavy (non-hydrogen) atoms. The summed E-state index contributed by atoms with van der Waals surface area (Å²) < 4.78 is 31.3. The minimum Gasteiger partial charge on any atom is -0.370 e. The Balaban J connectivity index is 1.87. The summed E-state index contributed by atoms with van der Waals surface area (Å²) in [5, 5.41) is 0. The van der Waals surface area contributed by atoms with Crippen molar-refractivity contribution in [3.8, 4) is 0 Å². The van der Waals surface area contributed by atoms with Crippen molar-refractivity contribution in [1.82, 2.24) is 9.62 Å². The summed E-state index contributed by atoms with van der Waals surface area (Å²) in [5.74, 6) is -0.106. The molecule has 1 fully saturated rings. The van der Waals surface area contributed by atoms with Gasteiger partial charge in [0.2, 0.25) is 15.9 Å². The van der Waals surface area contributed by atoms with Crippen LogP contribution in [0.25, 0.3) is 0 Å². The molecule has 0 unspecified atom stereocenters. The van der Waals surface area contributed by atoms with Gasteiger partial charge in [0.1, 0.15) is 6.61 Å². The maximum Gasteiger partial charge on any atom is 0.248 e. The fourth-order valence-corrected chi connectivity index (χ4v) is 2.83. The van der Waals surface area contributed by atoms with Crippen molar-refractivity contribution in [2.75, 3.05) is 32.8 Å². The Morgan fingerprint density at radius 2 is 2.00 bits per heavy atom. The van der Waals surface area contributed by atoms with Crippen molar-refractivity contribution in [2.45, 2.75) is 4.90 Å². The summed E-state index contributed by atoms with van der Waals surface area (Å²) in [4.78, 5) is 13.3. The Morgan fingerprint density at radius 1 is 1.26 bits per heavy atom. The van der Waals surface area contributed by atoms with E-state index >= 15 is 0 Å². The number of rotatable bonds is 5. The quantitative estimate of drug-likeness (QED) is 0.814. The zero-order chi connectivity index (χ0) is 13.7. The Kier molecular flexibility index (Phi) is 4.52. The maximum atomic E-state index is 11.9. The molecule has 1 aromatic carbocycles. The molecule has 0 spiro atoms. The predicted octanol–water partition coefficient (Wildman–Crippen LogP) is -0.176. The van der Waals surface area contributed by atoms with Crippen molar-refractivity contribution < 1.29 is 17.9 Å². The summed E-state index contributed by atoms with van der Waals surface area (Å²) in [7, 11) is -3.50. The Bertz CT molecular complexity index is 530.